The van der Waals surface area contributed by atoms with Crippen LogP contribution in [0.3, 0.4) is 0 Å². The summed E-state index contributed by atoms with van der Waals surface area (Å²) < 4.78 is 5.30. The zero-order valence-electron chi connectivity index (χ0n) is 9.55. The molecule has 0 amide bonds. The van der Waals surface area contributed by atoms with Crippen molar-refractivity contribution in [2.75, 3.05) is 0 Å². The molecule has 0 N–H and O–H groups in total. The number of benzene rings is 1. The third-order valence-electron chi connectivity index (χ3n) is 3.03. The van der Waals surface area contributed by atoms with Gasteiger partial charge in [0.05, 0.1) is 0 Å². The molecule has 0 bridgehead atoms. The summed E-state index contributed by atoms with van der Waals surface area (Å²) in [6.45, 7) is 5.56. The van der Waals surface area contributed by atoms with Gasteiger partial charge >= 0.3 is 5.63 Å². The van der Waals surface area contributed by atoms with Gasteiger partial charge < -0.3 is 4.42 Å². The van der Waals surface area contributed by atoms with Crippen molar-refractivity contribution in [3.8, 4) is 12.3 Å². The van der Waals surface area contributed by atoms with E-state index in [1.165, 1.54) is 0 Å². The predicted octanol–water partition coefficient (Wildman–Crippen LogP) is 2.70. The van der Waals surface area contributed by atoms with E-state index in [0.29, 0.717) is 11.1 Å². The first-order chi connectivity index (χ1) is 7.56. The van der Waals surface area contributed by atoms with Crippen LogP contribution in [0.25, 0.3) is 11.0 Å². The molecule has 0 atom stereocenters. The lowest BCUT2D eigenvalue weighted by Crippen LogP contribution is -2.06. The number of aryl methyl sites for hydroxylation is 2. The lowest BCUT2D eigenvalue weighted by molar-refractivity contribution is 0.551. The summed E-state index contributed by atoms with van der Waals surface area (Å²) in [5.74, 6) is 2.58. The molecule has 0 fully saturated rings. The molecule has 2 nitrogen and oxygen atoms in total. The van der Waals surface area contributed by atoms with E-state index in [2.05, 4.69) is 5.92 Å². The topological polar surface area (TPSA) is 30.2 Å². The second-order valence-corrected chi connectivity index (χ2v) is 3.90. The monoisotopic (exact) mass is 212 g/mol. The molecule has 16 heavy (non-hydrogen) atoms. The van der Waals surface area contributed by atoms with Crippen LogP contribution < -0.4 is 5.63 Å². The normalized spacial score (nSPS) is 10.4. The van der Waals surface area contributed by atoms with Gasteiger partial charge in [0, 0.05) is 22.1 Å². The Hall–Kier alpha value is -2.01. The van der Waals surface area contributed by atoms with E-state index in [1.54, 1.807) is 6.92 Å². The molecule has 1 aromatic heterocycles. The second kappa shape index (κ2) is 3.53. The molecule has 1 heterocycles. The van der Waals surface area contributed by atoms with E-state index in [-0.39, 0.29) is 5.63 Å². The average Bonchev–Trinajstić information content (AvgIpc) is 2.28. The fourth-order valence-corrected chi connectivity index (χ4v) is 1.80. The van der Waals surface area contributed by atoms with Crippen LogP contribution in [0, 0.1) is 33.1 Å². The lowest BCUT2D eigenvalue weighted by Gasteiger charge is -2.07. The molecule has 0 aliphatic heterocycles. The van der Waals surface area contributed by atoms with Gasteiger partial charge in [0.25, 0.3) is 0 Å². The molecular formula is C14H12O2. The molecule has 2 rings (SSSR count). The number of terminal acetylenes is 1. The first-order valence-corrected chi connectivity index (χ1v) is 5.06. The number of rotatable bonds is 0. The predicted molar refractivity (Wildman–Crippen MR) is 64.6 cm³/mol. The van der Waals surface area contributed by atoms with E-state index in [9.17, 15) is 4.79 Å². The van der Waals surface area contributed by atoms with Crippen LogP contribution >= 0.6 is 0 Å². The Morgan fingerprint density at radius 3 is 2.44 bits per heavy atom. The lowest BCUT2D eigenvalue weighted by atomic mass is 10.0. The van der Waals surface area contributed by atoms with Gasteiger partial charge in [-0.2, -0.15) is 0 Å². The van der Waals surface area contributed by atoms with Gasteiger partial charge in [0.1, 0.15) is 5.58 Å². The van der Waals surface area contributed by atoms with Crippen molar-refractivity contribution in [1.82, 2.24) is 0 Å². The van der Waals surface area contributed by atoms with Crippen molar-refractivity contribution < 1.29 is 4.42 Å². The van der Waals surface area contributed by atoms with Gasteiger partial charge in [-0.25, -0.2) is 4.79 Å². The van der Waals surface area contributed by atoms with E-state index >= 15 is 0 Å². The summed E-state index contributed by atoms with van der Waals surface area (Å²) in [7, 11) is 0. The SMILES string of the molecule is C#Cc1ccc2c(C)c(C)c(=O)oc2c1C. The number of hydrogen-bond donors (Lipinski definition) is 0. The van der Waals surface area contributed by atoms with E-state index in [4.69, 9.17) is 10.8 Å². The second-order valence-electron chi connectivity index (χ2n) is 3.90. The third-order valence-corrected chi connectivity index (χ3v) is 3.03. The van der Waals surface area contributed by atoms with Gasteiger partial charge in [0.2, 0.25) is 0 Å². The van der Waals surface area contributed by atoms with Gasteiger partial charge in [-0.1, -0.05) is 5.92 Å². The molecule has 0 aliphatic carbocycles. The Kier molecular flexibility index (Phi) is 2.32. The van der Waals surface area contributed by atoms with E-state index < -0.39 is 0 Å². The van der Waals surface area contributed by atoms with Gasteiger partial charge in [-0.05, 0) is 38.5 Å². The molecule has 2 aromatic rings. The first kappa shape index (κ1) is 10.5. The number of fused-ring (bicyclic) bond motifs is 1. The van der Waals surface area contributed by atoms with Crippen LogP contribution in [0.15, 0.2) is 21.3 Å². The smallest absolute Gasteiger partial charge is 0.339 e. The molecule has 0 aliphatic rings. The zero-order chi connectivity index (χ0) is 11.9. The Morgan fingerprint density at radius 1 is 1.12 bits per heavy atom. The maximum absolute atomic E-state index is 11.6. The Balaban J connectivity index is 3.04. The summed E-state index contributed by atoms with van der Waals surface area (Å²) >= 11 is 0. The van der Waals surface area contributed by atoms with Crippen LogP contribution in [0.4, 0.5) is 0 Å². The average molecular weight is 212 g/mol. The van der Waals surface area contributed by atoms with Crippen LogP contribution in [0.1, 0.15) is 22.3 Å². The van der Waals surface area contributed by atoms with Crippen molar-refractivity contribution in [2.45, 2.75) is 20.8 Å². The van der Waals surface area contributed by atoms with Crippen LogP contribution in [-0.2, 0) is 0 Å². The van der Waals surface area contributed by atoms with Crippen molar-refractivity contribution >= 4 is 11.0 Å². The maximum Gasteiger partial charge on any atom is 0.339 e. The van der Waals surface area contributed by atoms with Crippen molar-refractivity contribution in [2.24, 2.45) is 0 Å². The molecule has 0 saturated carbocycles. The molecule has 80 valence electrons. The Labute approximate surface area is 93.9 Å². The zero-order valence-corrected chi connectivity index (χ0v) is 9.55. The minimum absolute atomic E-state index is 0.290. The largest absolute Gasteiger partial charge is 0.422 e. The van der Waals surface area contributed by atoms with Gasteiger partial charge in [-0.15, -0.1) is 6.42 Å². The highest BCUT2D eigenvalue weighted by molar-refractivity contribution is 5.85. The third kappa shape index (κ3) is 1.33. The molecule has 0 radical (unpaired) electrons. The molecule has 1 aromatic carbocycles. The molecule has 0 unspecified atom stereocenters. The Morgan fingerprint density at radius 2 is 1.81 bits per heavy atom. The summed E-state index contributed by atoms with van der Waals surface area (Å²) in [4.78, 5) is 11.6. The first-order valence-electron chi connectivity index (χ1n) is 5.06. The fraction of sp³-hybridized carbons (Fsp3) is 0.214. The minimum Gasteiger partial charge on any atom is -0.422 e. The van der Waals surface area contributed by atoms with Crippen LogP contribution in [-0.4, -0.2) is 0 Å². The van der Waals surface area contributed by atoms with E-state index in [0.717, 1.165) is 22.1 Å². The summed E-state index contributed by atoms with van der Waals surface area (Å²) in [6.07, 6.45) is 5.38. The van der Waals surface area contributed by atoms with Crippen LogP contribution in [0.2, 0.25) is 0 Å². The highest BCUT2D eigenvalue weighted by Gasteiger charge is 2.10. The minimum atomic E-state index is -0.290. The van der Waals surface area contributed by atoms with Crippen molar-refractivity contribution in [1.29, 1.82) is 0 Å². The van der Waals surface area contributed by atoms with Crippen LogP contribution in [0.5, 0.6) is 0 Å². The van der Waals surface area contributed by atoms with Gasteiger partial charge in [0.15, 0.2) is 0 Å². The Bertz CT molecular complexity index is 670. The highest BCUT2D eigenvalue weighted by Crippen LogP contribution is 2.24. The molecule has 2 heteroatoms. The summed E-state index contributed by atoms with van der Waals surface area (Å²) in [5, 5.41) is 0.952. The molecular weight excluding hydrogens is 200 g/mol. The quantitative estimate of drug-likeness (QED) is 0.496. The number of hydrogen-bond acceptors (Lipinski definition) is 2. The molecule has 0 saturated heterocycles. The highest BCUT2D eigenvalue weighted by atomic mass is 16.4. The van der Waals surface area contributed by atoms with Crippen molar-refractivity contribution in [3.05, 3.63) is 44.8 Å². The maximum atomic E-state index is 11.6. The summed E-state index contributed by atoms with van der Waals surface area (Å²) in [6, 6.07) is 3.78. The van der Waals surface area contributed by atoms with Gasteiger partial charge in [-0.3, -0.25) is 0 Å². The van der Waals surface area contributed by atoms with E-state index in [1.807, 2.05) is 26.0 Å². The molecule has 0 spiro atoms. The summed E-state index contributed by atoms with van der Waals surface area (Å²) in [5.41, 5.74) is 3.53. The standard InChI is InChI=1S/C14H12O2/c1-5-11-6-7-12-8(2)9(3)14(15)16-13(12)10(11)4/h1,6-7H,2-4H3. The fourth-order valence-electron chi connectivity index (χ4n) is 1.80. The van der Waals surface area contributed by atoms with Crippen molar-refractivity contribution in [3.63, 3.8) is 0 Å².